The van der Waals surface area contributed by atoms with Crippen molar-refractivity contribution < 1.29 is 5.11 Å². The molecule has 0 saturated carbocycles. The summed E-state index contributed by atoms with van der Waals surface area (Å²) in [6.45, 7) is 8.55. The van der Waals surface area contributed by atoms with Crippen molar-refractivity contribution in [1.29, 1.82) is 0 Å². The van der Waals surface area contributed by atoms with E-state index in [4.69, 9.17) is 0 Å². The van der Waals surface area contributed by atoms with E-state index in [0.29, 0.717) is 11.7 Å². The van der Waals surface area contributed by atoms with Crippen LogP contribution in [0, 0.1) is 5.92 Å². The molecule has 0 radical (unpaired) electrons. The highest BCUT2D eigenvalue weighted by Gasteiger charge is 2.27. The van der Waals surface area contributed by atoms with Crippen LogP contribution in [-0.4, -0.2) is 36.2 Å². The second-order valence-corrected chi connectivity index (χ2v) is 7.43. The molecule has 1 heterocycles. The zero-order valence-electron chi connectivity index (χ0n) is 12.8. The molecule has 128 valence electrons. The molecule has 1 aromatic rings. The highest BCUT2D eigenvalue weighted by Crippen LogP contribution is 2.42. The number of halogens is 4. The molecular weight excluding hydrogens is 455 g/mol. The van der Waals surface area contributed by atoms with Gasteiger partial charge in [-0.3, -0.25) is 4.90 Å². The first kappa shape index (κ1) is 22.5. The second-order valence-electron chi connectivity index (χ2n) is 5.72. The van der Waals surface area contributed by atoms with E-state index in [0.717, 1.165) is 47.1 Å². The molecule has 1 aliphatic heterocycles. The number of piperazine rings is 1. The van der Waals surface area contributed by atoms with Crippen LogP contribution >= 0.6 is 56.7 Å². The molecular formula is C15H24Br2Cl2N2O. The van der Waals surface area contributed by atoms with Gasteiger partial charge in [0.1, 0.15) is 5.75 Å². The zero-order valence-corrected chi connectivity index (χ0v) is 17.6. The van der Waals surface area contributed by atoms with Crippen molar-refractivity contribution in [2.45, 2.75) is 26.3 Å². The standard InChI is InChI=1S/C15H22Br2N2O.2ClH/c1-10(2)9-13(19-7-5-18-6-8-19)14-11(16)3-4-12(17)15(14)20;;/h3-4,10,13,18,20H,5-9H2,1-2H3;2*1H/t13-;;/m0../s1. The van der Waals surface area contributed by atoms with Crippen molar-refractivity contribution in [3.63, 3.8) is 0 Å². The molecule has 0 aliphatic carbocycles. The fraction of sp³-hybridized carbons (Fsp3) is 0.600. The van der Waals surface area contributed by atoms with E-state index in [2.05, 4.69) is 55.9 Å². The van der Waals surface area contributed by atoms with E-state index >= 15 is 0 Å². The predicted molar refractivity (Wildman–Crippen MR) is 105 cm³/mol. The molecule has 1 aliphatic rings. The number of phenols is 1. The fourth-order valence-corrected chi connectivity index (χ4v) is 3.69. The molecule has 0 spiro atoms. The Labute approximate surface area is 162 Å². The molecule has 1 saturated heterocycles. The lowest BCUT2D eigenvalue weighted by atomic mass is 9.94. The number of nitrogens with zero attached hydrogens (tertiary/aromatic N) is 1. The van der Waals surface area contributed by atoms with Crippen LogP contribution in [0.25, 0.3) is 0 Å². The van der Waals surface area contributed by atoms with Gasteiger partial charge < -0.3 is 10.4 Å². The third-order valence-electron chi connectivity index (χ3n) is 3.73. The number of phenolic OH excluding ortho intramolecular Hbond substituents is 1. The van der Waals surface area contributed by atoms with E-state index in [1.807, 2.05) is 12.1 Å². The summed E-state index contributed by atoms with van der Waals surface area (Å²) in [6.07, 6.45) is 1.04. The number of aromatic hydroxyl groups is 1. The SMILES string of the molecule is CC(C)C[C@@H](c1c(Br)ccc(Br)c1O)N1CCNCC1.Cl.Cl. The van der Waals surface area contributed by atoms with Crippen LogP contribution in [0.2, 0.25) is 0 Å². The van der Waals surface area contributed by atoms with E-state index < -0.39 is 0 Å². The number of hydrogen-bond donors (Lipinski definition) is 2. The van der Waals surface area contributed by atoms with Gasteiger partial charge in [0.25, 0.3) is 0 Å². The Hall–Kier alpha value is 0.480. The Morgan fingerprint density at radius 2 is 1.68 bits per heavy atom. The van der Waals surface area contributed by atoms with Crippen molar-refractivity contribution in [3.8, 4) is 5.75 Å². The Balaban J connectivity index is 0.00000220. The van der Waals surface area contributed by atoms with Gasteiger partial charge in [0.15, 0.2) is 0 Å². The van der Waals surface area contributed by atoms with Gasteiger partial charge in [-0.05, 0) is 40.4 Å². The molecule has 0 amide bonds. The van der Waals surface area contributed by atoms with Gasteiger partial charge in [0.05, 0.1) is 4.47 Å². The minimum atomic E-state index is 0. The molecule has 0 unspecified atom stereocenters. The number of benzene rings is 1. The molecule has 3 nitrogen and oxygen atoms in total. The third-order valence-corrected chi connectivity index (χ3v) is 5.07. The van der Waals surface area contributed by atoms with Crippen LogP contribution in [0.3, 0.4) is 0 Å². The summed E-state index contributed by atoms with van der Waals surface area (Å²) >= 11 is 7.05. The van der Waals surface area contributed by atoms with Crippen molar-refractivity contribution in [2.24, 2.45) is 5.92 Å². The van der Waals surface area contributed by atoms with Gasteiger partial charge in [0.2, 0.25) is 0 Å². The molecule has 1 aromatic carbocycles. The van der Waals surface area contributed by atoms with Gasteiger partial charge in [0, 0.05) is 42.3 Å². The van der Waals surface area contributed by atoms with Crippen molar-refractivity contribution >= 4 is 56.7 Å². The lowest BCUT2D eigenvalue weighted by Gasteiger charge is -2.37. The van der Waals surface area contributed by atoms with Crippen molar-refractivity contribution in [2.75, 3.05) is 26.2 Å². The predicted octanol–water partition coefficient (Wildman–Crippen LogP) is 4.75. The number of rotatable bonds is 4. The normalized spacial score (nSPS) is 16.8. The van der Waals surface area contributed by atoms with Gasteiger partial charge in [-0.25, -0.2) is 0 Å². The maximum Gasteiger partial charge on any atom is 0.135 e. The van der Waals surface area contributed by atoms with Gasteiger partial charge in [-0.1, -0.05) is 29.8 Å². The van der Waals surface area contributed by atoms with Gasteiger partial charge >= 0.3 is 0 Å². The topological polar surface area (TPSA) is 35.5 Å². The first-order chi connectivity index (χ1) is 9.50. The summed E-state index contributed by atoms with van der Waals surface area (Å²) in [5.41, 5.74) is 1.01. The van der Waals surface area contributed by atoms with Crippen molar-refractivity contribution in [1.82, 2.24) is 10.2 Å². The fourth-order valence-electron chi connectivity index (χ4n) is 2.76. The van der Waals surface area contributed by atoms with Crippen LogP contribution in [-0.2, 0) is 0 Å². The first-order valence-corrected chi connectivity index (χ1v) is 8.71. The van der Waals surface area contributed by atoms with Crippen LogP contribution in [0.1, 0.15) is 31.9 Å². The Kier molecular flexibility index (Phi) is 10.6. The number of hydrogen-bond acceptors (Lipinski definition) is 3. The quantitative estimate of drug-likeness (QED) is 0.655. The minimum absolute atomic E-state index is 0. The molecule has 2 N–H and O–H groups in total. The smallest absolute Gasteiger partial charge is 0.135 e. The first-order valence-electron chi connectivity index (χ1n) is 7.12. The monoisotopic (exact) mass is 476 g/mol. The number of nitrogens with one attached hydrogen (secondary N) is 1. The van der Waals surface area contributed by atoms with Crippen LogP contribution in [0.15, 0.2) is 21.1 Å². The van der Waals surface area contributed by atoms with Crippen LogP contribution in [0.5, 0.6) is 5.75 Å². The lowest BCUT2D eigenvalue weighted by Crippen LogP contribution is -2.45. The largest absolute Gasteiger partial charge is 0.506 e. The van der Waals surface area contributed by atoms with Crippen LogP contribution in [0.4, 0.5) is 0 Å². The summed E-state index contributed by atoms with van der Waals surface area (Å²) < 4.78 is 1.75. The van der Waals surface area contributed by atoms with E-state index in [-0.39, 0.29) is 30.9 Å². The second kappa shape index (κ2) is 10.4. The lowest BCUT2D eigenvalue weighted by molar-refractivity contribution is 0.151. The summed E-state index contributed by atoms with van der Waals surface area (Å²) in [6, 6.07) is 4.14. The molecule has 0 bridgehead atoms. The average molecular weight is 479 g/mol. The maximum absolute atomic E-state index is 10.5. The molecule has 22 heavy (non-hydrogen) atoms. The molecule has 1 atom stereocenters. The molecule has 0 aromatic heterocycles. The Morgan fingerprint density at radius 1 is 1.14 bits per heavy atom. The molecule has 1 fully saturated rings. The third kappa shape index (κ3) is 5.53. The summed E-state index contributed by atoms with van der Waals surface area (Å²) in [5.74, 6) is 0.948. The summed E-state index contributed by atoms with van der Waals surface area (Å²) in [7, 11) is 0. The molecule has 2 rings (SSSR count). The van der Waals surface area contributed by atoms with Gasteiger partial charge in [-0.2, -0.15) is 0 Å². The Bertz CT molecular complexity index is 469. The maximum atomic E-state index is 10.5. The highest BCUT2D eigenvalue weighted by molar-refractivity contribution is 9.11. The van der Waals surface area contributed by atoms with Crippen LogP contribution < -0.4 is 5.32 Å². The van der Waals surface area contributed by atoms with E-state index in [1.165, 1.54) is 0 Å². The summed E-state index contributed by atoms with van der Waals surface area (Å²) in [5, 5.41) is 13.9. The highest BCUT2D eigenvalue weighted by atomic mass is 79.9. The molecule has 7 heteroatoms. The Morgan fingerprint density at radius 3 is 2.23 bits per heavy atom. The van der Waals surface area contributed by atoms with E-state index in [9.17, 15) is 5.11 Å². The average Bonchev–Trinajstić information content (AvgIpc) is 2.43. The van der Waals surface area contributed by atoms with E-state index in [1.54, 1.807) is 0 Å². The minimum Gasteiger partial charge on any atom is -0.506 e. The van der Waals surface area contributed by atoms with Crippen molar-refractivity contribution in [3.05, 3.63) is 26.6 Å². The zero-order chi connectivity index (χ0) is 14.7. The van der Waals surface area contributed by atoms with Gasteiger partial charge in [-0.15, -0.1) is 24.8 Å². The summed E-state index contributed by atoms with van der Waals surface area (Å²) in [4.78, 5) is 2.47.